The van der Waals surface area contributed by atoms with Gasteiger partial charge in [0.05, 0.1) is 23.1 Å². The lowest BCUT2D eigenvalue weighted by atomic mass is 10.2. The molecule has 1 heterocycles. The third-order valence-electron chi connectivity index (χ3n) is 3.20. The maximum absolute atomic E-state index is 12.6. The summed E-state index contributed by atoms with van der Waals surface area (Å²) in [4.78, 5) is 11.9. The largest absolute Gasteiger partial charge is 0.463 e. The molecule has 0 atom stereocenters. The van der Waals surface area contributed by atoms with E-state index in [2.05, 4.69) is 4.72 Å². The lowest BCUT2D eigenvalue weighted by Crippen LogP contribution is -2.17. The maximum atomic E-state index is 12.6. The number of halogens is 1. The van der Waals surface area contributed by atoms with Gasteiger partial charge in [0.1, 0.15) is 0 Å². The van der Waals surface area contributed by atoms with Gasteiger partial charge in [0.25, 0.3) is 10.0 Å². The van der Waals surface area contributed by atoms with Crippen molar-refractivity contribution in [3.8, 4) is 0 Å². The number of carbonyl (C=O) groups is 1. The van der Waals surface area contributed by atoms with Gasteiger partial charge in [-0.3, -0.25) is 9.52 Å². The lowest BCUT2D eigenvalue weighted by Gasteiger charge is -2.12. The zero-order chi connectivity index (χ0) is 17.9. The van der Waals surface area contributed by atoms with Crippen molar-refractivity contribution in [2.45, 2.75) is 38.2 Å². The van der Waals surface area contributed by atoms with E-state index in [1.54, 1.807) is 43.7 Å². The fourth-order valence-corrected chi connectivity index (χ4v) is 4.54. The van der Waals surface area contributed by atoms with Gasteiger partial charge >= 0.3 is 5.97 Å². The average Bonchev–Trinajstić information content (AvgIpc) is 2.87. The highest BCUT2D eigenvalue weighted by atomic mass is 35.5. The number of hydrogen-bond acceptors (Lipinski definition) is 5. The number of sulfonamides is 1. The second-order valence-corrected chi connectivity index (χ2v) is 8.30. The molecule has 1 N–H and O–H groups in total. The van der Waals surface area contributed by atoms with Gasteiger partial charge < -0.3 is 4.74 Å². The van der Waals surface area contributed by atoms with Crippen LogP contribution in [0.5, 0.6) is 0 Å². The number of esters is 1. The summed E-state index contributed by atoms with van der Waals surface area (Å²) in [5.41, 5.74) is 1.43. The Bertz CT molecular complexity index is 844. The number of hydrogen-bond donors (Lipinski definition) is 1. The predicted molar refractivity (Wildman–Crippen MR) is 96.2 cm³/mol. The second kappa shape index (κ2) is 7.55. The normalized spacial score (nSPS) is 11.5. The third kappa shape index (κ3) is 4.49. The smallest absolute Gasteiger partial charge is 0.310 e. The zero-order valence-corrected chi connectivity index (χ0v) is 15.9. The first-order valence-electron chi connectivity index (χ1n) is 7.23. The number of thiophene rings is 1. The molecule has 0 spiro atoms. The molecule has 0 fully saturated rings. The standard InChI is InChI=1S/C16H18ClNO4S2/c1-10(2)22-16(19)7-12-8-23-9-14(12)18-24(20,21)15-6-4-5-13(17)11(15)3/h4-6,8-10,18H,7H2,1-3H3. The fourth-order valence-electron chi connectivity index (χ4n) is 2.09. The fraction of sp³-hybridized carbons (Fsp3) is 0.312. The molecule has 0 aliphatic rings. The van der Waals surface area contributed by atoms with E-state index in [0.717, 1.165) is 0 Å². The van der Waals surface area contributed by atoms with Crippen LogP contribution in [0.15, 0.2) is 33.9 Å². The van der Waals surface area contributed by atoms with Gasteiger partial charge in [0.15, 0.2) is 0 Å². The van der Waals surface area contributed by atoms with E-state index < -0.39 is 16.0 Å². The molecule has 24 heavy (non-hydrogen) atoms. The number of rotatable bonds is 6. The summed E-state index contributed by atoms with van der Waals surface area (Å²) < 4.78 is 32.8. The van der Waals surface area contributed by atoms with E-state index in [-0.39, 0.29) is 17.4 Å². The SMILES string of the molecule is Cc1c(Cl)cccc1S(=O)(=O)Nc1cscc1CC(=O)OC(C)C. The first-order chi connectivity index (χ1) is 11.2. The quantitative estimate of drug-likeness (QED) is 0.760. The molecule has 0 aliphatic heterocycles. The van der Waals surface area contributed by atoms with Crippen molar-refractivity contribution in [2.75, 3.05) is 4.72 Å². The molecule has 0 bridgehead atoms. The van der Waals surface area contributed by atoms with Gasteiger partial charge in [-0.05, 0) is 49.4 Å². The minimum absolute atomic E-state index is 0.00800. The van der Waals surface area contributed by atoms with Crippen LogP contribution in [-0.4, -0.2) is 20.5 Å². The van der Waals surface area contributed by atoms with E-state index >= 15 is 0 Å². The molecule has 0 radical (unpaired) electrons. The van der Waals surface area contributed by atoms with Gasteiger partial charge in [0.2, 0.25) is 0 Å². The molecule has 1 aromatic carbocycles. The van der Waals surface area contributed by atoms with Crippen molar-refractivity contribution >= 4 is 44.6 Å². The molecule has 8 heteroatoms. The summed E-state index contributed by atoms with van der Waals surface area (Å²) in [5, 5.41) is 3.75. The van der Waals surface area contributed by atoms with Gasteiger partial charge in [-0.25, -0.2) is 8.42 Å². The Labute approximate surface area is 150 Å². The Morgan fingerprint density at radius 2 is 2.04 bits per heavy atom. The van der Waals surface area contributed by atoms with Gasteiger partial charge in [-0.1, -0.05) is 17.7 Å². The van der Waals surface area contributed by atoms with Crippen LogP contribution in [0, 0.1) is 6.92 Å². The first kappa shape index (κ1) is 18.8. The Morgan fingerprint density at radius 3 is 2.71 bits per heavy atom. The van der Waals surface area contributed by atoms with Gasteiger partial charge in [0, 0.05) is 10.4 Å². The Morgan fingerprint density at radius 1 is 1.33 bits per heavy atom. The van der Waals surface area contributed by atoms with Crippen LogP contribution in [0.4, 0.5) is 5.69 Å². The van der Waals surface area contributed by atoms with Crippen LogP contribution in [0.1, 0.15) is 25.0 Å². The summed E-state index contributed by atoms with van der Waals surface area (Å²) in [6.07, 6.45) is -0.209. The molecule has 0 saturated carbocycles. The first-order valence-corrected chi connectivity index (χ1v) is 10.0. The molecule has 130 valence electrons. The molecule has 0 amide bonds. The van der Waals surface area contributed by atoms with Crippen LogP contribution in [0.25, 0.3) is 0 Å². The van der Waals surface area contributed by atoms with Crippen molar-refractivity contribution < 1.29 is 17.9 Å². The van der Waals surface area contributed by atoms with Crippen molar-refractivity contribution in [3.05, 3.63) is 45.1 Å². The van der Waals surface area contributed by atoms with Crippen molar-refractivity contribution in [2.24, 2.45) is 0 Å². The van der Waals surface area contributed by atoms with Crippen LogP contribution in [-0.2, 0) is 26.0 Å². The van der Waals surface area contributed by atoms with E-state index in [4.69, 9.17) is 16.3 Å². The average molecular weight is 388 g/mol. The monoisotopic (exact) mass is 387 g/mol. The minimum atomic E-state index is -3.80. The topological polar surface area (TPSA) is 72.5 Å². The van der Waals surface area contributed by atoms with Crippen molar-refractivity contribution in [1.82, 2.24) is 0 Å². The van der Waals surface area contributed by atoms with Gasteiger partial charge in [-0.15, -0.1) is 11.3 Å². The van der Waals surface area contributed by atoms with Crippen LogP contribution >= 0.6 is 22.9 Å². The molecule has 2 rings (SSSR count). The molecule has 0 aliphatic carbocycles. The zero-order valence-electron chi connectivity index (χ0n) is 13.5. The second-order valence-electron chi connectivity index (χ2n) is 5.49. The lowest BCUT2D eigenvalue weighted by molar-refractivity contribution is -0.146. The minimum Gasteiger partial charge on any atom is -0.463 e. The predicted octanol–water partition coefficient (Wildman–Crippen LogP) is 4.00. The molecule has 0 saturated heterocycles. The number of carbonyl (C=O) groups excluding carboxylic acids is 1. The summed E-state index contributed by atoms with van der Waals surface area (Å²) in [6, 6.07) is 4.70. The summed E-state index contributed by atoms with van der Waals surface area (Å²) in [7, 11) is -3.80. The van der Waals surface area contributed by atoms with E-state index in [1.807, 2.05) is 0 Å². The Hall–Kier alpha value is -1.57. The number of nitrogens with one attached hydrogen (secondary N) is 1. The summed E-state index contributed by atoms with van der Waals surface area (Å²) >= 11 is 7.31. The highest BCUT2D eigenvalue weighted by molar-refractivity contribution is 7.92. The molecule has 5 nitrogen and oxygen atoms in total. The molecular weight excluding hydrogens is 370 g/mol. The van der Waals surface area contributed by atoms with Gasteiger partial charge in [-0.2, -0.15) is 0 Å². The molecular formula is C16H18ClNO4S2. The molecule has 1 aromatic heterocycles. The van der Waals surface area contributed by atoms with Crippen LogP contribution in [0.3, 0.4) is 0 Å². The van der Waals surface area contributed by atoms with E-state index in [1.165, 1.54) is 17.4 Å². The number of benzene rings is 1. The summed E-state index contributed by atoms with van der Waals surface area (Å²) in [5.74, 6) is -0.400. The maximum Gasteiger partial charge on any atom is 0.310 e. The van der Waals surface area contributed by atoms with E-state index in [9.17, 15) is 13.2 Å². The number of ether oxygens (including phenoxy) is 1. The van der Waals surface area contributed by atoms with Crippen LogP contribution < -0.4 is 4.72 Å². The van der Waals surface area contributed by atoms with Crippen molar-refractivity contribution in [1.29, 1.82) is 0 Å². The Balaban J connectivity index is 2.24. The van der Waals surface area contributed by atoms with Crippen LogP contribution in [0.2, 0.25) is 5.02 Å². The highest BCUT2D eigenvalue weighted by Gasteiger charge is 2.21. The highest BCUT2D eigenvalue weighted by Crippen LogP contribution is 2.28. The van der Waals surface area contributed by atoms with E-state index in [0.29, 0.717) is 21.8 Å². The number of anilines is 1. The Kier molecular flexibility index (Phi) is 5.90. The molecule has 2 aromatic rings. The molecule has 0 unspecified atom stereocenters. The third-order valence-corrected chi connectivity index (χ3v) is 5.91. The van der Waals surface area contributed by atoms with Crippen molar-refractivity contribution in [3.63, 3.8) is 0 Å². The summed E-state index contributed by atoms with van der Waals surface area (Å²) in [6.45, 7) is 5.17.